The normalized spacial score (nSPS) is 26.4. The Bertz CT molecular complexity index is 667. The number of alkyl halides is 1. The molecule has 2 fully saturated rings. The van der Waals surface area contributed by atoms with Crippen molar-refractivity contribution >= 4 is 35.2 Å². The highest BCUT2D eigenvalue weighted by Crippen LogP contribution is 2.45. The molecule has 0 N–H and O–H groups in total. The summed E-state index contributed by atoms with van der Waals surface area (Å²) in [6.45, 7) is 16.6. The summed E-state index contributed by atoms with van der Waals surface area (Å²) < 4.78 is 26.1. The van der Waals surface area contributed by atoms with Crippen LogP contribution in [0.4, 0.5) is 0 Å². The van der Waals surface area contributed by atoms with Gasteiger partial charge in [0.05, 0.1) is 22.4 Å². The highest BCUT2D eigenvalue weighted by Gasteiger charge is 2.54. The van der Waals surface area contributed by atoms with Crippen LogP contribution in [0.1, 0.15) is 72.8 Å². The minimum Gasteiger partial charge on any atom is -0.399 e. The van der Waals surface area contributed by atoms with Gasteiger partial charge < -0.3 is 18.8 Å². The Labute approximate surface area is 171 Å². The van der Waals surface area contributed by atoms with Gasteiger partial charge >= 0.3 is 7.12 Å². The fraction of sp³-hybridized carbons (Fsp3) is 0.700. The van der Waals surface area contributed by atoms with Crippen molar-refractivity contribution in [3.63, 3.8) is 0 Å². The largest absolute Gasteiger partial charge is 0.495 e. The minimum absolute atomic E-state index is 0.382. The third-order valence-corrected chi connectivity index (χ3v) is 7.20. The molecule has 1 aromatic rings. The summed E-state index contributed by atoms with van der Waals surface area (Å²) in [5.74, 6) is 0. The molecule has 2 aliphatic heterocycles. The first-order valence-electron chi connectivity index (χ1n) is 9.20. The molecule has 0 atom stereocenters. The number of halogens is 1. The standard InChI is InChI=1S/C20H30BIO4/c1-17(2)18(3,4)24-16(23-17)14-11-13(12-22)9-10-15(14)21-25-19(5,6)20(7,8)26-21/h9-11,16H,12H2,1-8H3. The summed E-state index contributed by atoms with van der Waals surface area (Å²) in [6, 6.07) is 6.38. The van der Waals surface area contributed by atoms with E-state index in [1.807, 2.05) is 0 Å². The van der Waals surface area contributed by atoms with Gasteiger partial charge in [0.25, 0.3) is 0 Å². The van der Waals surface area contributed by atoms with Gasteiger partial charge in [0.1, 0.15) is 0 Å². The zero-order valence-corrected chi connectivity index (χ0v) is 19.3. The zero-order chi connectivity index (χ0) is 19.5. The van der Waals surface area contributed by atoms with Gasteiger partial charge in [-0.15, -0.1) is 0 Å². The Morgan fingerprint density at radius 2 is 1.35 bits per heavy atom. The lowest BCUT2D eigenvalue weighted by Crippen LogP contribution is -2.41. The molecule has 0 saturated carbocycles. The predicted octanol–water partition coefficient (Wildman–Crippen LogP) is 4.52. The molecule has 1 aromatic carbocycles. The van der Waals surface area contributed by atoms with Crippen LogP contribution in [0.3, 0.4) is 0 Å². The van der Waals surface area contributed by atoms with E-state index >= 15 is 0 Å². The van der Waals surface area contributed by atoms with Gasteiger partial charge in [-0.2, -0.15) is 0 Å². The van der Waals surface area contributed by atoms with E-state index in [9.17, 15) is 0 Å². The lowest BCUT2D eigenvalue weighted by atomic mass is 9.75. The number of hydrogen-bond acceptors (Lipinski definition) is 4. The SMILES string of the molecule is CC1(C)OB(c2ccc(CI)cc2C2OC(C)(C)C(C)(C)O2)OC1(C)C. The van der Waals surface area contributed by atoms with Crippen molar-refractivity contribution < 1.29 is 18.8 Å². The van der Waals surface area contributed by atoms with Crippen LogP contribution in [-0.4, -0.2) is 29.5 Å². The maximum atomic E-state index is 6.32. The van der Waals surface area contributed by atoms with E-state index in [1.165, 1.54) is 5.56 Å². The second kappa shape index (κ2) is 6.44. The first kappa shape index (κ1) is 20.6. The van der Waals surface area contributed by atoms with Crippen LogP contribution in [-0.2, 0) is 23.2 Å². The molecule has 2 aliphatic rings. The first-order chi connectivity index (χ1) is 11.8. The molecule has 0 bridgehead atoms. The van der Waals surface area contributed by atoms with Gasteiger partial charge in [-0.25, -0.2) is 0 Å². The van der Waals surface area contributed by atoms with Crippen LogP contribution >= 0.6 is 22.6 Å². The first-order valence-corrected chi connectivity index (χ1v) is 10.7. The number of benzene rings is 1. The quantitative estimate of drug-likeness (QED) is 0.369. The maximum Gasteiger partial charge on any atom is 0.495 e. The van der Waals surface area contributed by atoms with Crippen LogP contribution in [0.2, 0.25) is 0 Å². The molecule has 0 amide bonds. The van der Waals surface area contributed by atoms with Crippen LogP contribution in [0.25, 0.3) is 0 Å². The monoisotopic (exact) mass is 472 g/mol. The topological polar surface area (TPSA) is 36.9 Å². The summed E-state index contributed by atoms with van der Waals surface area (Å²) in [5.41, 5.74) is 1.68. The molecular formula is C20H30BIO4. The Balaban J connectivity index is 2.01. The van der Waals surface area contributed by atoms with Gasteiger partial charge in [-0.3, -0.25) is 0 Å². The van der Waals surface area contributed by atoms with Crippen LogP contribution in [0.15, 0.2) is 18.2 Å². The fourth-order valence-corrected chi connectivity index (χ4v) is 3.54. The third kappa shape index (κ3) is 3.36. The van der Waals surface area contributed by atoms with Crippen molar-refractivity contribution in [2.75, 3.05) is 0 Å². The molecule has 0 unspecified atom stereocenters. The molecular weight excluding hydrogens is 442 g/mol. The zero-order valence-electron chi connectivity index (χ0n) is 17.1. The molecule has 0 spiro atoms. The second-order valence-corrected chi connectivity index (χ2v) is 10.0. The average molecular weight is 472 g/mol. The van der Waals surface area contributed by atoms with E-state index in [0.29, 0.717) is 0 Å². The molecule has 6 heteroatoms. The summed E-state index contributed by atoms with van der Waals surface area (Å²) in [5, 5.41) is 0. The molecule has 0 radical (unpaired) electrons. The van der Waals surface area contributed by atoms with Crippen molar-refractivity contribution in [1.29, 1.82) is 0 Å². The summed E-state index contributed by atoms with van der Waals surface area (Å²) >= 11 is 2.37. The van der Waals surface area contributed by atoms with Crippen LogP contribution in [0.5, 0.6) is 0 Å². The molecule has 4 nitrogen and oxygen atoms in total. The number of rotatable bonds is 3. The summed E-state index contributed by atoms with van der Waals surface area (Å²) in [7, 11) is -0.433. The molecule has 0 aromatic heterocycles. The van der Waals surface area contributed by atoms with Crippen LogP contribution in [0, 0.1) is 0 Å². The van der Waals surface area contributed by atoms with Crippen LogP contribution < -0.4 is 5.46 Å². The van der Waals surface area contributed by atoms with Crippen molar-refractivity contribution in [2.24, 2.45) is 0 Å². The predicted molar refractivity (Wildman–Crippen MR) is 113 cm³/mol. The van der Waals surface area contributed by atoms with Gasteiger partial charge in [-0.05, 0) is 66.4 Å². The summed E-state index contributed by atoms with van der Waals surface area (Å²) in [6.07, 6.45) is -0.433. The smallest absolute Gasteiger partial charge is 0.399 e. The molecule has 2 saturated heterocycles. The second-order valence-electron chi connectivity index (χ2n) is 9.27. The van der Waals surface area contributed by atoms with Gasteiger partial charge in [0.15, 0.2) is 6.29 Å². The highest BCUT2D eigenvalue weighted by molar-refractivity contribution is 14.1. The summed E-state index contributed by atoms with van der Waals surface area (Å²) in [4.78, 5) is 0. The third-order valence-electron chi connectivity index (χ3n) is 6.32. The number of ether oxygens (including phenoxy) is 2. The molecule has 144 valence electrons. The molecule has 3 rings (SSSR count). The van der Waals surface area contributed by atoms with E-state index in [2.05, 4.69) is 96.2 Å². The van der Waals surface area contributed by atoms with Crippen molar-refractivity contribution in [3.05, 3.63) is 29.3 Å². The Morgan fingerprint density at radius 1 is 0.846 bits per heavy atom. The Kier molecular flexibility index (Phi) is 5.10. The van der Waals surface area contributed by atoms with Gasteiger partial charge in [0, 0.05) is 9.99 Å². The van der Waals surface area contributed by atoms with E-state index in [4.69, 9.17) is 18.8 Å². The van der Waals surface area contributed by atoms with E-state index in [-0.39, 0.29) is 22.4 Å². The lowest BCUT2D eigenvalue weighted by Gasteiger charge is -2.32. The lowest BCUT2D eigenvalue weighted by molar-refractivity contribution is -0.0890. The van der Waals surface area contributed by atoms with E-state index in [0.717, 1.165) is 15.5 Å². The Morgan fingerprint density at radius 3 is 1.81 bits per heavy atom. The minimum atomic E-state index is -0.433. The van der Waals surface area contributed by atoms with Gasteiger partial charge in [-0.1, -0.05) is 40.8 Å². The number of hydrogen-bond donors (Lipinski definition) is 0. The maximum absolute atomic E-state index is 6.32. The molecule has 26 heavy (non-hydrogen) atoms. The van der Waals surface area contributed by atoms with E-state index < -0.39 is 13.4 Å². The average Bonchev–Trinajstić information content (AvgIpc) is 2.86. The van der Waals surface area contributed by atoms with Gasteiger partial charge in [0.2, 0.25) is 0 Å². The van der Waals surface area contributed by atoms with Crippen molar-refractivity contribution in [1.82, 2.24) is 0 Å². The molecule has 0 aliphatic carbocycles. The molecule has 2 heterocycles. The Hall–Kier alpha value is -0.145. The van der Waals surface area contributed by atoms with Crippen molar-refractivity contribution in [3.8, 4) is 0 Å². The highest BCUT2D eigenvalue weighted by atomic mass is 127. The van der Waals surface area contributed by atoms with Crippen molar-refractivity contribution in [2.45, 2.75) is 88.5 Å². The fourth-order valence-electron chi connectivity index (χ4n) is 3.07. The van der Waals surface area contributed by atoms with E-state index in [1.54, 1.807) is 0 Å².